The zero-order valence-corrected chi connectivity index (χ0v) is 13.8. The van der Waals surface area contributed by atoms with E-state index < -0.39 is 33.7 Å². The number of hydrogen-bond donors (Lipinski definition) is 2. The van der Waals surface area contributed by atoms with Crippen LogP contribution in [0, 0.1) is 0 Å². The van der Waals surface area contributed by atoms with Crippen molar-refractivity contribution in [2.24, 2.45) is 0 Å². The van der Waals surface area contributed by atoms with Crippen LogP contribution < -0.4 is 10.0 Å². The Morgan fingerprint density at radius 1 is 1.33 bits per heavy atom. The molecule has 0 spiro atoms. The molecular formula is C12H18N2O5S2. The quantitative estimate of drug-likeness (QED) is 0.868. The first-order chi connectivity index (χ1) is 9.51. The van der Waals surface area contributed by atoms with Crippen LogP contribution in [0.1, 0.15) is 27.7 Å². The number of carbonyl (C=O) groups excluding carboxylic acids is 2. The summed E-state index contributed by atoms with van der Waals surface area (Å²) < 4.78 is 30.6. The molecule has 0 saturated heterocycles. The first-order valence-corrected chi connectivity index (χ1v) is 8.47. The molecule has 0 aliphatic carbocycles. The van der Waals surface area contributed by atoms with E-state index in [1.54, 1.807) is 32.2 Å². The standard InChI is InChI=1S/C12H18N2O5S2/c1-8(13-11(16)19-12(2,3)4)10(15)14-21(17,18)9-6-5-7-20-9/h5-8H,1-4H3,(H,13,16)(H,14,15)/t8-/m0/s1. The minimum atomic E-state index is -3.91. The summed E-state index contributed by atoms with van der Waals surface area (Å²) in [5, 5.41) is 3.85. The fourth-order valence-corrected chi connectivity index (χ4v) is 3.28. The van der Waals surface area contributed by atoms with Crippen LogP contribution in [0.3, 0.4) is 0 Å². The van der Waals surface area contributed by atoms with Gasteiger partial charge in [-0.15, -0.1) is 11.3 Å². The summed E-state index contributed by atoms with van der Waals surface area (Å²) in [6.45, 7) is 6.40. The molecule has 7 nitrogen and oxygen atoms in total. The average Bonchev–Trinajstić information content (AvgIpc) is 2.78. The fraction of sp³-hybridized carbons (Fsp3) is 0.500. The summed E-state index contributed by atoms with van der Waals surface area (Å²) in [7, 11) is -3.91. The number of amides is 2. The van der Waals surface area contributed by atoms with Crippen LogP contribution in [0.15, 0.2) is 21.7 Å². The van der Waals surface area contributed by atoms with Gasteiger partial charge in [-0.2, -0.15) is 0 Å². The van der Waals surface area contributed by atoms with Gasteiger partial charge in [0, 0.05) is 0 Å². The Kier molecular flexibility index (Phi) is 5.35. The molecule has 1 rings (SSSR count). The van der Waals surface area contributed by atoms with Crippen LogP contribution in [-0.4, -0.2) is 32.1 Å². The molecule has 0 aromatic carbocycles. The lowest BCUT2D eigenvalue weighted by Crippen LogP contribution is -2.47. The Balaban J connectivity index is 2.62. The summed E-state index contributed by atoms with van der Waals surface area (Å²) in [6, 6.07) is 1.90. The number of alkyl carbamates (subject to hydrolysis) is 1. The summed E-state index contributed by atoms with van der Waals surface area (Å²) >= 11 is 0.991. The van der Waals surface area contributed by atoms with Gasteiger partial charge in [-0.05, 0) is 39.1 Å². The SMILES string of the molecule is C[C@H](NC(=O)OC(C)(C)C)C(=O)NS(=O)(=O)c1cccs1. The molecule has 1 aromatic heterocycles. The number of hydrogen-bond acceptors (Lipinski definition) is 6. The number of nitrogens with one attached hydrogen (secondary N) is 2. The Hall–Kier alpha value is -1.61. The second kappa shape index (κ2) is 6.44. The maximum atomic E-state index is 11.9. The highest BCUT2D eigenvalue weighted by Gasteiger charge is 2.25. The van der Waals surface area contributed by atoms with Crippen molar-refractivity contribution in [2.45, 2.75) is 43.5 Å². The van der Waals surface area contributed by atoms with Gasteiger partial charge in [0.25, 0.3) is 15.9 Å². The van der Waals surface area contributed by atoms with Crippen molar-refractivity contribution in [2.75, 3.05) is 0 Å². The Bertz CT molecular complexity index is 602. The predicted octanol–water partition coefficient (Wildman–Crippen LogP) is 1.47. The van der Waals surface area contributed by atoms with Gasteiger partial charge in [0.05, 0.1) is 0 Å². The molecule has 1 heterocycles. The Morgan fingerprint density at radius 2 is 1.95 bits per heavy atom. The number of sulfonamides is 1. The number of carbonyl (C=O) groups is 2. The van der Waals surface area contributed by atoms with Crippen molar-refractivity contribution in [3.05, 3.63) is 17.5 Å². The van der Waals surface area contributed by atoms with E-state index >= 15 is 0 Å². The van der Waals surface area contributed by atoms with Gasteiger partial charge in [-0.25, -0.2) is 17.9 Å². The van der Waals surface area contributed by atoms with Crippen molar-refractivity contribution in [1.29, 1.82) is 0 Å². The third-order valence-electron chi connectivity index (χ3n) is 2.12. The molecule has 118 valence electrons. The molecule has 2 N–H and O–H groups in total. The highest BCUT2D eigenvalue weighted by Crippen LogP contribution is 2.15. The summed E-state index contributed by atoms with van der Waals surface area (Å²) in [4.78, 5) is 23.3. The van der Waals surface area contributed by atoms with Crippen molar-refractivity contribution < 1.29 is 22.7 Å². The van der Waals surface area contributed by atoms with Crippen LogP contribution in [-0.2, 0) is 19.6 Å². The smallest absolute Gasteiger partial charge is 0.408 e. The first kappa shape index (κ1) is 17.4. The van der Waals surface area contributed by atoms with Gasteiger partial charge >= 0.3 is 6.09 Å². The first-order valence-electron chi connectivity index (χ1n) is 6.11. The third kappa shape index (κ3) is 5.72. The van der Waals surface area contributed by atoms with E-state index in [1.165, 1.54) is 13.0 Å². The Morgan fingerprint density at radius 3 is 2.43 bits per heavy atom. The largest absolute Gasteiger partial charge is 0.444 e. The molecule has 2 amide bonds. The molecule has 0 bridgehead atoms. The van der Waals surface area contributed by atoms with E-state index in [0.29, 0.717) is 0 Å². The summed E-state index contributed by atoms with van der Waals surface area (Å²) in [6.07, 6.45) is -0.793. The fourth-order valence-electron chi connectivity index (χ4n) is 1.24. The lowest BCUT2D eigenvalue weighted by atomic mass is 10.2. The van der Waals surface area contributed by atoms with Crippen LogP contribution >= 0.6 is 11.3 Å². The molecule has 21 heavy (non-hydrogen) atoms. The van der Waals surface area contributed by atoms with Crippen molar-refractivity contribution in [1.82, 2.24) is 10.0 Å². The zero-order valence-electron chi connectivity index (χ0n) is 12.2. The van der Waals surface area contributed by atoms with Gasteiger partial charge < -0.3 is 10.1 Å². The predicted molar refractivity (Wildman–Crippen MR) is 78.5 cm³/mol. The molecule has 0 fully saturated rings. The lowest BCUT2D eigenvalue weighted by Gasteiger charge is -2.21. The van der Waals surface area contributed by atoms with E-state index in [-0.39, 0.29) is 4.21 Å². The topological polar surface area (TPSA) is 102 Å². The molecule has 1 aromatic rings. The van der Waals surface area contributed by atoms with E-state index in [2.05, 4.69) is 5.32 Å². The lowest BCUT2D eigenvalue weighted by molar-refractivity contribution is -0.121. The van der Waals surface area contributed by atoms with Crippen molar-refractivity contribution in [3.63, 3.8) is 0 Å². The average molecular weight is 334 g/mol. The second-order valence-corrected chi connectivity index (χ2v) is 8.13. The number of ether oxygens (including phenoxy) is 1. The van der Waals surface area contributed by atoms with Gasteiger partial charge in [0.1, 0.15) is 15.9 Å². The molecule has 0 aliphatic rings. The normalized spacial score (nSPS) is 13.3. The monoisotopic (exact) mass is 334 g/mol. The highest BCUT2D eigenvalue weighted by atomic mass is 32.2. The molecule has 9 heteroatoms. The van der Waals surface area contributed by atoms with E-state index in [0.717, 1.165) is 11.3 Å². The van der Waals surface area contributed by atoms with Gasteiger partial charge in [-0.3, -0.25) is 4.79 Å². The van der Waals surface area contributed by atoms with Crippen LogP contribution in [0.4, 0.5) is 4.79 Å². The molecule has 0 radical (unpaired) electrons. The van der Waals surface area contributed by atoms with Gasteiger partial charge in [0.2, 0.25) is 0 Å². The second-order valence-electron chi connectivity index (χ2n) is 5.27. The number of rotatable bonds is 4. The van der Waals surface area contributed by atoms with Crippen molar-refractivity contribution in [3.8, 4) is 0 Å². The van der Waals surface area contributed by atoms with E-state index in [9.17, 15) is 18.0 Å². The molecular weight excluding hydrogens is 316 g/mol. The maximum Gasteiger partial charge on any atom is 0.408 e. The molecule has 1 atom stereocenters. The third-order valence-corrected chi connectivity index (χ3v) is 4.87. The van der Waals surface area contributed by atoms with E-state index in [4.69, 9.17) is 4.74 Å². The zero-order chi connectivity index (χ0) is 16.3. The van der Waals surface area contributed by atoms with Crippen LogP contribution in [0.2, 0.25) is 0 Å². The summed E-state index contributed by atoms with van der Waals surface area (Å²) in [5.41, 5.74) is -0.705. The van der Waals surface area contributed by atoms with Crippen molar-refractivity contribution >= 4 is 33.4 Å². The van der Waals surface area contributed by atoms with Gasteiger partial charge in [0.15, 0.2) is 0 Å². The highest BCUT2D eigenvalue weighted by molar-refractivity contribution is 7.92. The number of thiophene rings is 1. The Labute approximate surface area is 127 Å². The van der Waals surface area contributed by atoms with E-state index in [1.807, 2.05) is 4.72 Å². The molecule has 0 unspecified atom stereocenters. The molecule has 0 aliphatic heterocycles. The minimum Gasteiger partial charge on any atom is -0.444 e. The maximum absolute atomic E-state index is 11.9. The van der Waals surface area contributed by atoms with Crippen LogP contribution in [0.5, 0.6) is 0 Å². The van der Waals surface area contributed by atoms with Crippen LogP contribution in [0.25, 0.3) is 0 Å². The molecule has 0 saturated carbocycles. The van der Waals surface area contributed by atoms with Gasteiger partial charge in [-0.1, -0.05) is 6.07 Å². The summed E-state index contributed by atoms with van der Waals surface area (Å²) in [5.74, 6) is -0.839. The minimum absolute atomic E-state index is 0.0281.